The fourth-order valence-corrected chi connectivity index (χ4v) is 3.07. The molecule has 0 saturated carbocycles. The van der Waals surface area contributed by atoms with Crippen LogP contribution < -0.4 is 0 Å². The third-order valence-electron chi connectivity index (χ3n) is 4.46. The summed E-state index contributed by atoms with van der Waals surface area (Å²) >= 11 is 0. The number of carboxylic acid groups (broad SMARTS) is 1. The van der Waals surface area contributed by atoms with Crippen LogP contribution in [0, 0.1) is 5.41 Å². The molecular weight excluding hydrogens is 222 g/mol. The Morgan fingerprint density at radius 3 is 2.18 bits per heavy atom. The Balaban J connectivity index is 2.23. The second kappa shape index (κ2) is 4.55. The first kappa shape index (κ1) is 12.8. The molecule has 0 radical (unpaired) electrons. The van der Waals surface area contributed by atoms with Crippen molar-refractivity contribution in [2.24, 2.45) is 5.41 Å². The van der Waals surface area contributed by atoms with Gasteiger partial charge in [-0.15, -0.1) is 0 Å². The Morgan fingerprint density at radius 2 is 1.71 bits per heavy atom. The van der Waals surface area contributed by atoms with Gasteiger partial charge in [-0.25, -0.2) is 0 Å². The van der Waals surface area contributed by atoms with E-state index in [0.29, 0.717) is 38.9 Å². The van der Waals surface area contributed by atoms with Crippen LogP contribution in [0.5, 0.6) is 0 Å². The van der Waals surface area contributed by atoms with Crippen molar-refractivity contribution < 1.29 is 19.7 Å². The van der Waals surface area contributed by atoms with Crippen LogP contribution in [0.3, 0.4) is 0 Å². The Kier molecular flexibility index (Phi) is 3.43. The fourth-order valence-electron chi connectivity index (χ4n) is 3.07. The molecule has 5 nitrogen and oxygen atoms in total. The van der Waals surface area contributed by atoms with E-state index in [9.17, 15) is 15.0 Å². The van der Waals surface area contributed by atoms with E-state index in [0.717, 1.165) is 13.1 Å². The summed E-state index contributed by atoms with van der Waals surface area (Å²) in [6.45, 7) is 2.38. The highest BCUT2D eigenvalue weighted by Gasteiger charge is 2.56. The van der Waals surface area contributed by atoms with Gasteiger partial charge in [-0.05, 0) is 32.7 Å². The maximum absolute atomic E-state index is 11.6. The van der Waals surface area contributed by atoms with Crippen LogP contribution in [0.25, 0.3) is 0 Å². The Morgan fingerprint density at radius 1 is 1.18 bits per heavy atom. The molecule has 2 heterocycles. The van der Waals surface area contributed by atoms with Crippen molar-refractivity contribution in [2.75, 3.05) is 33.4 Å². The minimum Gasteiger partial charge on any atom is -0.481 e. The molecule has 0 aliphatic carbocycles. The number of ether oxygens (including phenoxy) is 1. The van der Waals surface area contributed by atoms with E-state index >= 15 is 0 Å². The average molecular weight is 243 g/mol. The minimum atomic E-state index is -1.07. The summed E-state index contributed by atoms with van der Waals surface area (Å²) in [5.41, 5.74) is -2.08. The van der Waals surface area contributed by atoms with Gasteiger partial charge in [0.25, 0.3) is 0 Å². The van der Waals surface area contributed by atoms with Crippen LogP contribution in [0.2, 0.25) is 0 Å². The highest BCUT2D eigenvalue weighted by Crippen LogP contribution is 2.46. The Labute approximate surface area is 101 Å². The number of aliphatic carboxylic acids is 1. The van der Waals surface area contributed by atoms with Gasteiger partial charge in [-0.1, -0.05) is 0 Å². The first-order chi connectivity index (χ1) is 8.00. The number of nitrogens with zero attached hydrogens (tertiary/aromatic N) is 1. The summed E-state index contributed by atoms with van der Waals surface area (Å²) in [6, 6.07) is 0. The number of piperidine rings is 1. The zero-order chi connectivity index (χ0) is 12.5. The van der Waals surface area contributed by atoms with Crippen molar-refractivity contribution >= 4 is 5.97 Å². The first-order valence-corrected chi connectivity index (χ1v) is 6.22. The van der Waals surface area contributed by atoms with Gasteiger partial charge in [0.15, 0.2) is 0 Å². The number of aliphatic hydroxyl groups is 1. The van der Waals surface area contributed by atoms with Crippen LogP contribution in [0.1, 0.15) is 25.7 Å². The van der Waals surface area contributed by atoms with Gasteiger partial charge in [0, 0.05) is 26.3 Å². The molecule has 2 rings (SSSR count). The molecule has 0 aromatic carbocycles. The van der Waals surface area contributed by atoms with Crippen molar-refractivity contribution in [3.8, 4) is 0 Å². The molecule has 0 amide bonds. The molecule has 2 N–H and O–H groups in total. The molecule has 2 aliphatic rings. The molecule has 98 valence electrons. The van der Waals surface area contributed by atoms with E-state index in [-0.39, 0.29) is 0 Å². The molecule has 0 spiro atoms. The van der Waals surface area contributed by atoms with E-state index in [1.807, 2.05) is 7.05 Å². The van der Waals surface area contributed by atoms with E-state index in [1.54, 1.807) is 0 Å². The summed E-state index contributed by atoms with van der Waals surface area (Å²) in [5.74, 6) is -0.868. The highest BCUT2D eigenvalue weighted by molar-refractivity contribution is 5.76. The van der Waals surface area contributed by atoms with Crippen LogP contribution in [-0.2, 0) is 9.53 Å². The predicted octanol–water partition coefficient (Wildman–Crippen LogP) is 0.324. The average Bonchev–Trinajstić information content (AvgIpc) is 2.34. The van der Waals surface area contributed by atoms with Crippen LogP contribution in [0.4, 0.5) is 0 Å². The maximum atomic E-state index is 11.6. The summed E-state index contributed by atoms with van der Waals surface area (Å²) in [6.07, 6.45) is 1.91. The molecule has 2 saturated heterocycles. The van der Waals surface area contributed by atoms with Crippen molar-refractivity contribution in [3.05, 3.63) is 0 Å². The lowest BCUT2D eigenvalue weighted by atomic mass is 9.63. The predicted molar refractivity (Wildman–Crippen MR) is 61.8 cm³/mol. The number of hydrogen-bond acceptors (Lipinski definition) is 4. The van der Waals surface area contributed by atoms with Crippen molar-refractivity contribution in [1.82, 2.24) is 4.90 Å². The van der Waals surface area contributed by atoms with E-state index in [1.165, 1.54) is 0 Å². The second-order valence-corrected chi connectivity index (χ2v) is 5.33. The van der Waals surface area contributed by atoms with Gasteiger partial charge in [0.1, 0.15) is 5.41 Å². The zero-order valence-corrected chi connectivity index (χ0v) is 10.3. The lowest BCUT2D eigenvalue weighted by molar-refractivity contribution is -0.192. The van der Waals surface area contributed by atoms with Crippen LogP contribution >= 0.6 is 0 Å². The zero-order valence-electron chi connectivity index (χ0n) is 10.3. The summed E-state index contributed by atoms with van der Waals surface area (Å²) in [5, 5.41) is 20.3. The van der Waals surface area contributed by atoms with E-state index < -0.39 is 17.0 Å². The molecule has 0 atom stereocenters. The third kappa shape index (κ3) is 2.07. The SMILES string of the molecule is CN1CCC(O)(C2(C(=O)O)CCOCC2)CC1. The molecule has 0 aromatic rings. The van der Waals surface area contributed by atoms with Crippen molar-refractivity contribution in [3.63, 3.8) is 0 Å². The molecule has 0 bridgehead atoms. The lowest BCUT2D eigenvalue weighted by Gasteiger charge is -2.49. The number of likely N-dealkylation sites (tertiary alicyclic amines) is 1. The van der Waals surface area contributed by atoms with Gasteiger partial charge in [-0.3, -0.25) is 4.79 Å². The summed E-state index contributed by atoms with van der Waals surface area (Å²) in [7, 11) is 2.00. The Bertz CT molecular complexity index is 291. The van der Waals surface area contributed by atoms with Crippen molar-refractivity contribution in [2.45, 2.75) is 31.3 Å². The standard InChI is InChI=1S/C12H21NO4/c1-13-6-2-12(16,3-7-13)11(10(14)15)4-8-17-9-5-11/h16H,2-9H2,1H3,(H,14,15). The third-order valence-corrected chi connectivity index (χ3v) is 4.46. The van der Waals surface area contributed by atoms with Gasteiger partial charge in [0.2, 0.25) is 0 Å². The minimum absolute atomic E-state index is 0.419. The molecule has 2 fully saturated rings. The number of rotatable bonds is 2. The molecule has 17 heavy (non-hydrogen) atoms. The Hall–Kier alpha value is -0.650. The lowest BCUT2D eigenvalue weighted by Crippen LogP contribution is -2.59. The number of carbonyl (C=O) groups is 1. The van der Waals surface area contributed by atoms with Crippen LogP contribution in [0.15, 0.2) is 0 Å². The summed E-state index contributed by atoms with van der Waals surface area (Å²) in [4.78, 5) is 13.8. The van der Waals surface area contributed by atoms with Crippen molar-refractivity contribution in [1.29, 1.82) is 0 Å². The van der Waals surface area contributed by atoms with E-state index in [2.05, 4.69) is 4.90 Å². The molecule has 5 heteroatoms. The first-order valence-electron chi connectivity index (χ1n) is 6.22. The van der Waals surface area contributed by atoms with Gasteiger partial charge < -0.3 is 19.8 Å². The normalized spacial score (nSPS) is 28.8. The molecular formula is C12H21NO4. The smallest absolute Gasteiger partial charge is 0.312 e. The highest BCUT2D eigenvalue weighted by atomic mass is 16.5. The number of carboxylic acids is 1. The molecule has 2 aliphatic heterocycles. The maximum Gasteiger partial charge on any atom is 0.312 e. The summed E-state index contributed by atoms with van der Waals surface area (Å²) < 4.78 is 5.25. The second-order valence-electron chi connectivity index (χ2n) is 5.33. The van der Waals surface area contributed by atoms with Crippen LogP contribution in [-0.4, -0.2) is 60.0 Å². The topological polar surface area (TPSA) is 70.0 Å². The number of hydrogen-bond donors (Lipinski definition) is 2. The quantitative estimate of drug-likeness (QED) is 0.731. The fraction of sp³-hybridized carbons (Fsp3) is 0.917. The van der Waals surface area contributed by atoms with Gasteiger partial charge in [0.05, 0.1) is 5.60 Å². The molecule has 0 aromatic heterocycles. The van der Waals surface area contributed by atoms with Gasteiger partial charge in [-0.2, -0.15) is 0 Å². The van der Waals surface area contributed by atoms with Gasteiger partial charge >= 0.3 is 5.97 Å². The van der Waals surface area contributed by atoms with E-state index in [4.69, 9.17) is 4.74 Å². The molecule has 0 unspecified atom stereocenters. The monoisotopic (exact) mass is 243 g/mol. The largest absolute Gasteiger partial charge is 0.481 e.